The number of amides is 2. The number of aromatic nitrogens is 8. The van der Waals surface area contributed by atoms with E-state index in [1.54, 1.807) is 48.0 Å². The molecule has 0 spiro atoms. The lowest BCUT2D eigenvalue weighted by molar-refractivity contribution is -0.135. The third kappa shape index (κ3) is 7.69. The van der Waals surface area contributed by atoms with E-state index >= 15 is 0 Å². The SMILES string of the molecule is CC(C)Oc1c(-c2cn[nH]c2)ncn2nc(NC3CCN(S(=O)(=O)N4CCC(CN5CCC(c6cccc7c6n(C)c(=O)n7[C@@H]6CCC(=O)NC6=O)CC5)CC4)CC3)nc12. The number of nitrogens with one attached hydrogen (secondary N) is 3. The van der Waals surface area contributed by atoms with Crippen LogP contribution in [-0.2, 0) is 26.8 Å². The Morgan fingerprint density at radius 1 is 0.950 bits per heavy atom. The number of aromatic amines is 1. The van der Waals surface area contributed by atoms with Crippen LogP contribution in [-0.4, -0.2) is 131 Å². The summed E-state index contributed by atoms with van der Waals surface area (Å²) in [4.78, 5) is 49.8. The number of para-hydroxylation sites is 1. The zero-order valence-electron chi connectivity index (χ0n) is 34.3. The van der Waals surface area contributed by atoms with Crippen LogP contribution >= 0.6 is 0 Å². The zero-order valence-corrected chi connectivity index (χ0v) is 35.1. The number of aryl methyl sites for hydroxylation is 1. The topological polar surface area (TPSA) is 210 Å². The lowest BCUT2D eigenvalue weighted by Gasteiger charge is -2.39. The van der Waals surface area contributed by atoms with E-state index in [9.17, 15) is 22.8 Å². The van der Waals surface area contributed by atoms with Crippen LogP contribution in [0.1, 0.15) is 82.7 Å². The van der Waals surface area contributed by atoms with Gasteiger partial charge in [-0.15, -0.1) is 5.10 Å². The molecule has 320 valence electrons. The van der Waals surface area contributed by atoms with Crippen LogP contribution in [0, 0.1) is 5.92 Å². The van der Waals surface area contributed by atoms with Crippen LogP contribution in [0.2, 0.25) is 0 Å². The predicted molar refractivity (Wildman–Crippen MR) is 223 cm³/mol. The first-order valence-electron chi connectivity index (χ1n) is 21.1. The zero-order chi connectivity index (χ0) is 41.7. The van der Waals surface area contributed by atoms with Crippen LogP contribution in [0.5, 0.6) is 5.75 Å². The number of carbonyl (C=O) groups is 2. The summed E-state index contributed by atoms with van der Waals surface area (Å²) in [6.45, 7) is 8.53. The first kappa shape index (κ1) is 40.2. The number of anilines is 1. The van der Waals surface area contributed by atoms with Gasteiger partial charge < -0.3 is 15.0 Å². The highest BCUT2D eigenvalue weighted by Crippen LogP contribution is 2.36. The molecular formula is C40H53N13O6S. The van der Waals surface area contributed by atoms with Gasteiger partial charge in [0, 0.05) is 64.0 Å². The Bertz CT molecular complexity index is 2540. The van der Waals surface area contributed by atoms with Gasteiger partial charge in [0.05, 0.1) is 23.3 Å². The Balaban J connectivity index is 0.760. The summed E-state index contributed by atoms with van der Waals surface area (Å²) >= 11 is 0. The van der Waals surface area contributed by atoms with Crippen molar-refractivity contribution >= 4 is 44.7 Å². The molecule has 9 rings (SSSR count). The number of rotatable bonds is 11. The number of fused-ring (bicyclic) bond motifs is 2. The number of likely N-dealkylation sites (tertiary alicyclic amines) is 1. The van der Waals surface area contributed by atoms with Crippen LogP contribution in [0.3, 0.4) is 0 Å². The molecule has 0 bridgehead atoms. The van der Waals surface area contributed by atoms with Crippen LogP contribution < -0.4 is 21.1 Å². The second-order valence-corrected chi connectivity index (χ2v) is 18.8. The maximum absolute atomic E-state index is 13.8. The maximum Gasteiger partial charge on any atom is 0.329 e. The summed E-state index contributed by atoms with van der Waals surface area (Å²) in [6, 6.07) is 5.26. The van der Waals surface area contributed by atoms with E-state index in [1.165, 1.54) is 0 Å². The van der Waals surface area contributed by atoms with Crippen molar-refractivity contribution in [1.29, 1.82) is 0 Å². The molecule has 19 nitrogen and oxygen atoms in total. The van der Waals surface area contributed by atoms with Crippen molar-refractivity contribution in [2.45, 2.75) is 89.3 Å². The molecule has 5 aromatic rings. The van der Waals surface area contributed by atoms with Gasteiger partial charge in [-0.2, -0.15) is 31.6 Å². The quantitative estimate of drug-likeness (QED) is 0.164. The monoisotopic (exact) mass is 843 g/mol. The van der Waals surface area contributed by atoms with Crippen molar-refractivity contribution in [2.24, 2.45) is 13.0 Å². The van der Waals surface area contributed by atoms with Gasteiger partial charge in [0.15, 0.2) is 5.75 Å². The fourth-order valence-corrected chi connectivity index (χ4v) is 11.2. The smallest absolute Gasteiger partial charge is 0.329 e. The number of benzene rings is 1. The summed E-state index contributed by atoms with van der Waals surface area (Å²) in [6.07, 6.45) is 10.2. The maximum atomic E-state index is 13.8. The number of ether oxygens (including phenoxy) is 1. The van der Waals surface area contributed by atoms with E-state index in [0.717, 1.165) is 67.5 Å². The number of piperidine rings is 4. The fraction of sp³-hybridized carbons (Fsp3) is 0.575. The first-order chi connectivity index (χ1) is 28.9. The Kier molecular flexibility index (Phi) is 11.0. The Hall–Kier alpha value is -5.18. The molecule has 0 saturated carbocycles. The van der Waals surface area contributed by atoms with Gasteiger partial charge in [0.1, 0.15) is 18.1 Å². The molecular weight excluding hydrogens is 791 g/mol. The molecule has 0 radical (unpaired) electrons. The minimum absolute atomic E-state index is 0.0123. The Morgan fingerprint density at radius 3 is 2.37 bits per heavy atom. The molecule has 60 heavy (non-hydrogen) atoms. The average molecular weight is 844 g/mol. The van der Waals surface area contributed by atoms with Crippen LogP contribution in [0.25, 0.3) is 27.9 Å². The minimum Gasteiger partial charge on any atom is -0.485 e. The van der Waals surface area contributed by atoms with Crippen molar-refractivity contribution in [3.63, 3.8) is 0 Å². The van der Waals surface area contributed by atoms with Crippen molar-refractivity contribution < 1.29 is 22.7 Å². The van der Waals surface area contributed by atoms with Gasteiger partial charge in [-0.25, -0.2) is 9.78 Å². The van der Waals surface area contributed by atoms with Gasteiger partial charge >= 0.3 is 5.69 Å². The molecule has 2 amide bonds. The van der Waals surface area contributed by atoms with Crippen molar-refractivity contribution in [2.75, 3.05) is 51.1 Å². The molecule has 4 fully saturated rings. The predicted octanol–water partition coefficient (Wildman–Crippen LogP) is 2.65. The van der Waals surface area contributed by atoms with Gasteiger partial charge in [-0.05, 0) is 95.3 Å². The third-order valence-electron chi connectivity index (χ3n) is 12.7. The molecule has 1 aromatic carbocycles. The number of hydrogen-bond donors (Lipinski definition) is 3. The number of imidazole rings is 1. The molecule has 0 unspecified atom stereocenters. The molecule has 1 atom stereocenters. The first-order valence-corrected chi connectivity index (χ1v) is 22.5. The molecule has 4 aliphatic heterocycles. The number of H-pyrrole nitrogens is 1. The highest BCUT2D eigenvalue weighted by molar-refractivity contribution is 7.86. The van der Waals surface area contributed by atoms with E-state index in [-0.39, 0.29) is 36.1 Å². The summed E-state index contributed by atoms with van der Waals surface area (Å²) in [7, 11) is -1.82. The van der Waals surface area contributed by atoms with Crippen LogP contribution in [0.4, 0.5) is 5.95 Å². The lowest BCUT2D eigenvalue weighted by Crippen LogP contribution is -2.51. The van der Waals surface area contributed by atoms with E-state index in [4.69, 9.17) is 9.72 Å². The van der Waals surface area contributed by atoms with Crippen molar-refractivity contribution in [3.05, 3.63) is 53.0 Å². The number of nitrogens with zero attached hydrogens (tertiary/aromatic N) is 10. The molecule has 4 saturated heterocycles. The second kappa shape index (κ2) is 16.4. The van der Waals surface area contributed by atoms with Crippen molar-refractivity contribution in [3.8, 4) is 17.0 Å². The summed E-state index contributed by atoms with van der Waals surface area (Å²) in [5.74, 6) is 0.914. The van der Waals surface area contributed by atoms with E-state index in [0.29, 0.717) is 74.4 Å². The molecule has 4 aromatic heterocycles. The largest absolute Gasteiger partial charge is 0.485 e. The highest BCUT2D eigenvalue weighted by atomic mass is 32.2. The summed E-state index contributed by atoms with van der Waals surface area (Å²) in [5, 5.41) is 17.3. The molecule has 0 aliphatic carbocycles. The average Bonchev–Trinajstić information content (AvgIpc) is 3.98. The van der Waals surface area contributed by atoms with Gasteiger partial charge in [-0.3, -0.25) is 29.1 Å². The molecule has 3 N–H and O–H groups in total. The van der Waals surface area contributed by atoms with Gasteiger partial charge in [0.2, 0.25) is 23.4 Å². The molecule has 8 heterocycles. The van der Waals surface area contributed by atoms with E-state index < -0.39 is 22.2 Å². The van der Waals surface area contributed by atoms with Crippen LogP contribution in [0.15, 0.2) is 41.7 Å². The van der Waals surface area contributed by atoms with Crippen molar-refractivity contribution in [1.82, 2.24) is 57.7 Å². The minimum atomic E-state index is -3.58. The Labute approximate surface area is 347 Å². The van der Waals surface area contributed by atoms with E-state index in [2.05, 4.69) is 41.9 Å². The normalized spacial score (nSPS) is 21.4. The second-order valence-electron chi connectivity index (χ2n) is 16.9. The fourth-order valence-electron chi connectivity index (χ4n) is 9.55. The number of imide groups is 1. The number of hydrogen-bond acceptors (Lipinski definition) is 12. The Morgan fingerprint density at radius 2 is 1.68 bits per heavy atom. The number of carbonyl (C=O) groups excluding carboxylic acids is 2. The van der Waals surface area contributed by atoms with Gasteiger partial charge in [0.25, 0.3) is 10.2 Å². The summed E-state index contributed by atoms with van der Waals surface area (Å²) in [5.41, 5.74) is 4.39. The standard InChI is InChI=1S/C40H53N13O6S/c1-25(2)59-36-34(28-21-42-43-22-28)41-24-52-37(36)46-39(47-52)44-29-13-19-51(20-14-29)60(57,58)50-17-9-26(10-18-50)23-49-15-11-27(12-16-49)30-5-4-6-31-35(30)48(3)40(56)53(31)32-7-8-33(54)45-38(32)55/h4-6,21-22,24-27,29,32H,7-20,23H2,1-3H3,(H,42,43)(H,44,47)(H,45,54,55)/t32-/m1/s1. The van der Waals surface area contributed by atoms with Gasteiger partial charge in [-0.1, -0.05) is 12.1 Å². The third-order valence-corrected chi connectivity index (χ3v) is 14.7. The van der Waals surface area contributed by atoms with E-state index in [1.807, 2.05) is 26.0 Å². The molecule has 20 heteroatoms. The summed E-state index contributed by atoms with van der Waals surface area (Å²) < 4.78 is 41.9. The lowest BCUT2D eigenvalue weighted by atomic mass is 9.87. The molecule has 4 aliphatic rings. The highest BCUT2D eigenvalue weighted by Gasteiger charge is 2.37.